The van der Waals surface area contributed by atoms with Crippen LogP contribution in [0.1, 0.15) is 29.8 Å². The van der Waals surface area contributed by atoms with Gasteiger partial charge in [0.05, 0.1) is 13.2 Å². The molecule has 2 aliphatic heterocycles. The zero-order chi connectivity index (χ0) is 19.4. The zero-order valence-electron chi connectivity index (χ0n) is 15.6. The van der Waals surface area contributed by atoms with Crippen LogP contribution in [-0.2, 0) is 20.7 Å². The van der Waals surface area contributed by atoms with E-state index >= 15 is 0 Å². The van der Waals surface area contributed by atoms with Gasteiger partial charge in [-0.1, -0.05) is 0 Å². The number of rotatable bonds is 7. The second kappa shape index (κ2) is 8.49. The Balaban J connectivity index is 1.71. The molecule has 2 heterocycles. The lowest BCUT2D eigenvalue weighted by Crippen LogP contribution is -2.56. The molecular formula is C19H24N2O6. The maximum absolute atomic E-state index is 12.7. The highest BCUT2D eigenvalue weighted by molar-refractivity contribution is 5.98. The Morgan fingerprint density at radius 1 is 1.26 bits per heavy atom. The molecule has 0 aromatic heterocycles. The van der Waals surface area contributed by atoms with Gasteiger partial charge in [0.1, 0.15) is 6.04 Å². The molecule has 1 unspecified atom stereocenters. The molecule has 1 aromatic carbocycles. The van der Waals surface area contributed by atoms with Crippen LogP contribution >= 0.6 is 0 Å². The molecule has 1 saturated heterocycles. The SMILES string of the molecule is CCOC(=O)C1CNCCN1CC(=O)Cc1cc2c(cc1C(C)=O)OCO2. The fourth-order valence-corrected chi connectivity index (χ4v) is 3.36. The van der Waals surface area contributed by atoms with Crippen LogP contribution in [0.5, 0.6) is 11.5 Å². The monoisotopic (exact) mass is 376 g/mol. The summed E-state index contributed by atoms with van der Waals surface area (Å²) in [6.07, 6.45) is 0.0883. The van der Waals surface area contributed by atoms with E-state index in [-0.39, 0.29) is 37.3 Å². The number of ketones is 2. The Hall–Kier alpha value is -2.45. The highest BCUT2D eigenvalue weighted by atomic mass is 16.7. The summed E-state index contributed by atoms with van der Waals surface area (Å²) in [5.41, 5.74) is 1.06. The van der Waals surface area contributed by atoms with E-state index in [0.29, 0.717) is 48.9 Å². The topological polar surface area (TPSA) is 94.2 Å². The average molecular weight is 376 g/mol. The van der Waals surface area contributed by atoms with Crippen LogP contribution in [0, 0.1) is 0 Å². The lowest BCUT2D eigenvalue weighted by atomic mass is 9.98. The highest BCUT2D eigenvalue weighted by Crippen LogP contribution is 2.35. The number of nitrogens with zero attached hydrogens (tertiary/aromatic N) is 1. The van der Waals surface area contributed by atoms with E-state index < -0.39 is 6.04 Å². The normalized spacial score (nSPS) is 19.0. The first-order valence-corrected chi connectivity index (χ1v) is 9.06. The van der Waals surface area contributed by atoms with Crippen molar-refractivity contribution < 1.29 is 28.6 Å². The summed E-state index contributed by atoms with van der Waals surface area (Å²) in [5.74, 6) is 0.510. The van der Waals surface area contributed by atoms with Crippen LogP contribution < -0.4 is 14.8 Å². The van der Waals surface area contributed by atoms with Crippen molar-refractivity contribution in [2.45, 2.75) is 26.3 Å². The van der Waals surface area contributed by atoms with E-state index in [4.69, 9.17) is 14.2 Å². The third-order valence-corrected chi connectivity index (χ3v) is 4.66. The van der Waals surface area contributed by atoms with Crippen molar-refractivity contribution in [3.8, 4) is 11.5 Å². The van der Waals surface area contributed by atoms with Crippen LogP contribution in [0.15, 0.2) is 12.1 Å². The van der Waals surface area contributed by atoms with Crippen LogP contribution in [0.2, 0.25) is 0 Å². The molecular weight excluding hydrogens is 352 g/mol. The van der Waals surface area contributed by atoms with Gasteiger partial charge < -0.3 is 19.5 Å². The van der Waals surface area contributed by atoms with Crippen LogP contribution in [0.3, 0.4) is 0 Å². The predicted octanol–water partition coefficient (Wildman–Crippen LogP) is 0.566. The zero-order valence-corrected chi connectivity index (χ0v) is 15.6. The van der Waals surface area contributed by atoms with Gasteiger partial charge in [0.25, 0.3) is 0 Å². The largest absolute Gasteiger partial charge is 0.465 e. The summed E-state index contributed by atoms with van der Waals surface area (Å²) in [6, 6.07) is 2.84. The molecule has 0 amide bonds. The van der Waals surface area contributed by atoms with Gasteiger partial charge in [-0.05, 0) is 31.5 Å². The second-order valence-electron chi connectivity index (χ2n) is 6.58. The summed E-state index contributed by atoms with van der Waals surface area (Å²) in [6.45, 7) is 5.47. The Kier molecular flexibility index (Phi) is 6.08. The van der Waals surface area contributed by atoms with Gasteiger partial charge in [-0.25, -0.2) is 0 Å². The minimum atomic E-state index is -0.480. The summed E-state index contributed by atoms with van der Waals surface area (Å²) in [7, 11) is 0. The summed E-state index contributed by atoms with van der Waals surface area (Å²) in [4.78, 5) is 38.6. The van der Waals surface area contributed by atoms with Gasteiger partial charge in [-0.3, -0.25) is 19.3 Å². The first-order chi connectivity index (χ1) is 13.0. The van der Waals surface area contributed by atoms with E-state index in [0.717, 1.165) is 0 Å². The number of ether oxygens (including phenoxy) is 3. The highest BCUT2D eigenvalue weighted by Gasteiger charge is 2.31. The molecule has 146 valence electrons. The van der Waals surface area contributed by atoms with E-state index in [1.54, 1.807) is 19.1 Å². The number of benzene rings is 1. The first kappa shape index (κ1) is 19.3. The molecule has 8 heteroatoms. The van der Waals surface area contributed by atoms with E-state index in [9.17, 15) is 14.4 Å². The molecule has 0 spiro atoms. The number of Topliss-reactive ketones (excluding diaryl/α,β-unsaturated/α-hetero) is 2. The molecule has 1 N–H and O–H groups in total. The molecule has 0 aliphatic carbocycles. The number of hydrogen-bond donors (Lipinski definition) is 1. The van der Waals surface area contributed by atoms with Gasteiger partial charge in [-0.15, -0.1) is 0 Å². The van der Waals surface area contributed by atoms with Crippen molar-refractivity contribution in [1.29, 1.82) is 0 Å². The van der Waals surface area contributed by atoms with Crippen molar-refractivity contribution in [1.82, 2.24) is 10.2 Å². The fraction of sp³-hybridized carbons (Fsp3) is 0.526. The number of nitrogens with one attached hydrogen (secondary N) is 1. The minimum absolute atomic E-state index is 0.0763. The maximum Gasteiger partial charge on any atom is 0.324 e. The van der Waals surface area contributed by atoms with Crippen molar-refractivity contribution >= 4 is 17.5 Å². The minimum Gasteiger partial charge on any atom is -0.465 e. The molecule has 0 radical (unpaired) electrons. The molecule has 3 rings (SSSR count). The number of carbonyl (C=O) groups excluding carboxylic acids is 3. The van der Waals surface area contributed by atoms with E-state index in [1.807, 2.05) is 4.90 Å². The van der Waals surface area contributed by atoms with Crippen molar-refractivity contribution in [2.75, 3.05) is 39.6 Å². The number of piperazine rings is 1. The molecule has 0 bridgehead atoms. The number of fused-ring (bicyclic) bond motifs is 1. The molecule has 1 atom stereocenters. The first-order valence-electron chi connectivity index (χ1n) is 9.06. The average Bonchev–Trinajstić information content (AvgIpc) is 3.08. The molecule has 8 nitrogen and oxygen atoms in total. The predicted molar refractivity (Wildman–Crippen MR) is 96.1 cm³/mol. The summed E-state index contributed by atoms with van der Waals surface area (Å²) in [5, 5.41) is 3.15. The van der Waals surface area contributed by atoms with Crippen molar-refractivity contribution in [3.05, 3.63) is 23.3 Å². The van der Waals surface area contributed by atoms with Crippen LogP contribution in [0.25, 0.3) is 0 Å². The molecule has 2 aliphatic rings. The third-order valence-electron chi connectivity index (χ3n) is 4.66. The van der Waals surface area contributed by atoms with Gasteiger partial charge in [0.15, 0.2) is 23.1 Å². The lowest BCUT2D eigenvalue weighted by Gasteiger charge is -2.33. The quantitative estimate of drug-likeness (QED) is 0.545. The lowest BCUT2D eigenvalue weighted by molar-refractivity contribution is -0.150. The van der Waals surface area contributed by atoms with Gasteiger partial charge in [-0.2, -0.15) is 0 Å². The number of hydrogen-bond acceptors (Lipinski definition) is 8. The summed E-state index contributed by atoms with van der Waals surface area (Å²) < 4.78 is 15.8. The fourth-order valence-electron chi connectivity index (χ4n) is 3.36. The van der Waals surface area contributed by atoms with Crippen molar-refractivity contribution in [2.24, 2.45) is 0 Å². The number of carbonyl (C=O) groups is 3. The molecule has 0 saturated carbocycles. The van der Waals surface area contributed by atoms with Crippen LogP contribution in [0.4, 0.5) is 0 Å². The maximum atomic E-state index is 12.7. The Labute approximate surface area is 157 Å². The smallest absolute Gasteiger partial charge is 0.324 e. The van der Waals surface area contributed by atoms with E-state index in [2.05, 4.69) is 5.32 Å². The Bertz CT molecular complexity index is 748. The Morgan fingerprint density at radius 3 is 2.70 bits per heavy atom. The van der Waals surface area contributed by atoms with Gasteiger partial charge in [0.2, 0.25) is 6.79 Å². The second-order valence-corrected chi connectivity index (χ2v) is 6.58. The molecule has 1 fully saturated rings. The van der Waals surface area contributed by atoms with E-state index in [1.165, 1.54) is 6.92 Å². The van der Waals surface area contributed by atoms with Crippen molar-refractivity contribution in [3.63, 3.8) is 0 Å². The number of esters is 1. The Morgan fingerprint density at radius 2 is 2.00 bits per heavy atom. The molecule has 1 aromatic rings. The standard InChI is InChI=1S/C19H24N2O6/c1-3-25-19(24)16-9-20-4-5-21(16)10-14(23)6-13-7-17-18(27-11-26-17)8-15(13)12(2)22/h7-8,16,20H,3-6,9-11H2,1-2H3. The van der Waals surface area contributed by atoms with Gasteiger partial charge in [0, 0.05) is 31.6 Å². The van der Waals surface area contributed by atoms with Gasteiger partial charge >= 0.3 is 5.97 Å². The third kappa shape index (κ3) is 4.45. The summed E-state index contributed by atoms with van der Waals surface area (Å²) >= 11 is 0. The molecule has 27 heavy (non-hydrogen) atoms. The van der Waals surface area contributed by atoms with Crippen LogP contribution in [-0.4, -0.2) is 68.1 Å².